The van der Waals surface area contributed by atoms with Crippen LogP contribution < -0.4 is 5.32 Å². The van der Waals surface area contributed by atoms with Gasteiger partial charge in [0.25, 0.3) is 0 Å². The van der Waals surface area contributed by atoms with E-state index in [1.807, 2.05) is 0 Å². The largest absolute Gasteiger partial charge is 0.478 e. The van der Waals surface area contributed by atoms with Gasteiger partial charge in [-0.05, 0) is 56.5 Å². The number of hydrogen-bond donors (Lipinski definition) is 2. The van der Waals surface area contributed by atoms with Gasteiger partial charge in [0, 0.05) is 18.6 Å². The highest BCUT2D eigenvalue weighted by atomic mass is 19.1. The van der Waals surface area contributed by atoms with Gasteiger partial charge < -0.3 is 15.3 Å². The lowest BCUT2D eigenvalue weighted by molar-refractivity contribution is 0.0692. The first-order chi connectivity index (χ1) is 10.1. The summed E-state index contributed by atoms with van der Waals surface area (Å²) in [6.07, 6.45) is 4.89. The van der Waals surface area contributed by atoms with E-state index < -0.39 is 11.8 Å². The number of benzene rings is 1. The Morgan fingerprint density at radius 2 is 2.24 bits per heavy atom. The molecule has 2 aliphatic rings. The van der Waals surface area contributed by atoms with Crippen molar-refractivity contribution in [2.75, 3.05) is 13.1 Å². The number of halogens is 1. The minimum atomic E-state index is -1.22. The van der Waals surface area contributed by atoms with Crippen LogP contribution in [-0.4, -0.2) is 41.1 Å². The molecule has 0 radical (unpaired) electrons. The monoisotopic (exact) mass is 292 g/mol. The van der Waals surface area contributed by atoms with E-state index in [1.165, 1.54) is 31.5 Å². The number of rotatable bonds is 4. The minimum Gasteiger partial charge on any atom is -0.478 e. The van der Waals surface area contributed by atoms with Crippen LogP contribution in [0, 0.1) is 5.82 Å². The second-order valence-corrected chi connectivity index (χ2v) is 6.05. The quantitative estimate of drug-likeness (QED) is 0.893. The van der Waals surface area contributed by atoms with Gasteiger partial charge in [-0.1, -0.05) is 6.07 Å². The molecule has 3 rings (SSSR count). The van der Waals surface area contributed by atoms with Gasteiger partial charge in [0.05, 0.1) is 5.56 Å². The predicted molar refractivity (Wildman–Crippen MR) is 77.8 cm³/mol. The topological polar surface area (TPSA) is 52.6 Å². The van der Waals surface area contributed by atoms with Gasteiger partial charge in [-0.15, -0.1) is 0 Å². The van der Waals surface area contributed by atoms with Gasteiger partial charge in [0.1, 0.15) is 5.82 Å². The molecule has 0 aliphatic carbocycles. The fourth-order valence-corrected chi connectivity index (χ4v) is 3.51. The Labute approximate surface area is 124 Å². The molecule has 0 amide bonds. The van der Waals surface area contributed by atoms with Gasteiger partial charge in [0.2, 0.25) is 0 Å². The van der Waals surface area contributed by atoms with E-state index >= 15 is 0 Å². The third-order valence-electron chi connectivity index (χ3n) is 4.68. The van der Waals surface area contributed by atoms with Crippen molar-refractivity contribution >= 4 is 5.97 Å². The highest BCUT2D eigenvalue weighted by Gasteiger charge is 2.31. The van der Waals surface area contributed by atoms with Crippen LogP contribution >= 0.6 is 0 Å². The smallest absolute Gasteiger partial charge is 0.338 e. The number of nitrogens with one attached hydrogen (secondary N) is 1. The lowest BCUT2D eigenvalue weighted by Crippen LogP contribution is -2.45. The van der Waals surface area contributed by atoms with Crippen LogP contribution in [0.1, 0.15) is 41.6 Å². The van der Waals surface area contributed by atoms with E-state index in [9.17, 15) is 9.18 Å². The third-order valence-corrected chi connectivity index (χ3v) is 4.68. The summed E-state index contributed by atoms with van der Waals surface area (Å²) in [5.74, 6) is -1.88. The van der Waals surface area contributed by atoms with Crippen molar-refractivity contribution in [1.82, 2.24) is 10.2 Å². The number of fused-ring (bicyclic) bond motifs is 1. The second kappa shape index (κ2) is 6.12. The maximum atomic E-state index is 13.6. The lowest BCUT2D eigenvalue weighted by Gasteiger charge is -2.35. The third kappa shape index (κ3) is 3.24. The minimum absolute atomic E-state index is 0.266. The van der Waals surface area contributed by atoms with Crippen LogP contribution in [0.2, 0.25) is 0 Å². The molecule has 1 aromatic rings. The standard InChI is InChI=1S/C16H21FN2O2/c17-15-8-11(3-4-14(15)16(20)21)10-18-12-5-7-19-6-1-2-13(19)9-12/h3-4,8,12-13,18H,1-2,5-7,9-10H2,(H,20,21). The van der Waals surface area contributed by atoms with E-state index in [4.69, 9.17) is 5.11 Å². The fourth-order valence-electron chi connectivity index (χ4n) is 3.51. The van der Waals surface area contributed by atoms with Crippen LogP contribution in [0.15, 0.2) is 18.2 Å². The summed E-state index contributed by atoms with van der Waals surface area (Å²) in [5, 5.41) is 12.3. The summed E-state index contributed by atoms with van der Waals surface area (Å²) >= 11 is 0. The lowest BCUT2D eigenvalue weighted by atomic mass is 9.97. The molecule has 2 heterocycles. The molecule has 1 aromatic carbocycles. The molecule has 2 atom stereocenters. The van der Waals surface area contributed by atoms with Crippen LogP contribution in [0.3, 0.4) is 0 Å². The first-order valence-electron chi connectivity index (χ1n) is 7.62. The molecule has 21 heavy (non-hydrogen) atoms. The van der Waals surface area contributed by atoms with Crippen molar-refractivity contribution < 1.29 is 14.3 Å². The van der Waals surface area contributed by atoms with Crippen molar-refractivity contribution in [1.29, 1.82) is 0 Å². The zero-order valence-electron chi connectivity index (χ0n) is 12.0. The molecule has 114 valence electrons. The van der Waals surface area contributed by atoms with Gasteiger partial charge in [-0.2, -0.15) is 0 Å². The molecule has 2 N–H and O–H groups in total. The number of nitrogens with zero attached hydrogens (tertiary/aromatic N) is 1. The summed E-state index contributed by atoms with van der Waals surface area (Å²) in [5.41, 5.74) is 0.532. The maximum Gasteiger partial charge on any atom is 0.338 e. The molecule has 0 spiro atoms. The van der Waals surface area contributed by atoms with Crippen LogP contribution in [0.5, 0.6) is 0 Å². The van der Waals surface area contributed by atoms with E-state index in [1.54, 1.807) is 6.07 Å². The Bertz CT molecular complexity index is 535. The Morgan fingerprint density at radius 1 is 1.38 bits per heavy atom. The number of carboxylic acid groups (broad SMARTS) is 1. The normalized spacial score (nSPS) is 25.8. The molecular weight excluding hydrogens is 271 g/mol. The molecule has 0 saturated carbocycles. The van der Waals surface area contributed by atoms with Crippen LogP contribution in [-0.2, 0) is 6.54 Å². The summed E-state index contributed by atoms with van der Waals surface area (Å²) < 4.78 is 13.6. The molecule has 2 aliphatic heterocycles. The Kier molecular flexibility index (Phi) is 4.22. The highest BCUT2D eigenvalue weighted by molar-refractivity contribution is 5.87. The molecule has 2 fully saturated rings. The molecular formula is C16H21FN2O2. The number of aromatic carboxylic acids is 1. The zero-order chi connectivity index (χ0) is 14.8. The predicted octanol–water partition coefficient (Wildman–Crippen LogP) is 2.24. The first kappa shape index (κ1) is 14.5. The molecule has 5 heteroatoms. The van der Waals surface area contributed by atoms with E-state index in [-0.39, 0.29) is 5.56 Å². The van der Waals surface area contributed by atoms with E-state index in [2.05, 4.69) is 10.2 Å². The summed E-state index contributed by atoms with van der Waals surface area (Å²) in [6, 6.07) is 5.54. The second-order valence-electron chi connectivity index (χ2n) is 6.05. The average Bonchev–Trinajstić information content (AvgIpc) is 2.92. The Morgan fingerprint density at radius 3 is 3.00 bits per heavy atom. The molecule has 0 bridgehead atoms. The van der Waals surface area contributed by atoms with Crippen molar-refractivity contribution in [2.45, 2.75) is 44.3 Å². The van der Waals surface area contributed by atoms with Gasteiger partial charge >= 0.3 is 5.97 Å². The Hall–Kier alpha value is -1.46. The fraction of sp³-hybridized carbons (Fsp3) is 0.562. The number of hydrogen-bond acceptors (Lipinski definition) is 3. The number of piperidine rings is 1. The highest BCUT2D eigenvalue weighted by Crippen LogP contribution is 2.27. The summed E-state index contributed by atoms with van der Waals surface area (Å²) in [6.45, 7) is 2.97. The van der Waals surface area contributed by atoms with Crippen molar-refractivity contribution in [2.24, 2.45) is 0 Å². The Balaban J connectivity index is 1.55. The zero-order valence-corrected chi connectivity index (χ0v) is 12.0. The van der Waals surface area contributed by atoms with E-state index in [0.717, 1.165) is 24.9 Å². The van der Waals surface area contributed by atoms with Crippen LogP contribution in [0.25, 0.3) is 0 Å². The van der Waals surface area contributed by atoms with Gasteiger partial charge in [-0.25, -0.2) is 9.18 Å². The summed E-state index contributed by atoms with van der Waals surface area (Å²) in [4.78, 5) is 13.4. The van der Waals surface area contributed by atoms with Crippen molar-refractivity contribution in [3.8, 4) is 0 Å². The molecule has 2 saturated heterocycles. The number of carbonyl (C=O) groups is 1. The molecule has 2 unspecified atom stereocenters. The van der Waals surface area contributed by atoms with Gasteiger partial charge in [-0.3, -0.25) is 0 Å². The van der Waals surface area contributed by atoms with Crippen molar-refractivity contribution in [3.63, 3.8) is 0 Å². The molecule has 4 nitrogen and oxygen atoms in total. The summed E-state index contributed by atoms with van der Waals surface area (Å²) in [7, 11) is 0. The SMILES string of the molecule is O=C(O)c1ccc(CNC2CCN3CCCC3C2)cc1F. The number of carboxylic acids is 1. The van der Waals surface area contributed by atoms with E-state index in [0.29, 0.717) is 18.6 Å². The van der Waals surface area contributed by atoms with Crippen molar-refractivity contribution in [3.05, 3.63) is 35.1 Å². The maximum absolute atomic E-state index is 13.6. The van der Waals surface area contributed by atoms with Gasteiger partial charge in [0.15, 0.2) is 0 Å². The first-order valence-corrected chi connectivity index (χ1v) is 7.62. The molecule has 0 aromatic heterocycles. The van der Waals surface area contributed by atoms with Crippen LogP contribution in [0.4, 0.5) is 4.39 Å². The average molecular weight is 292 g/mol.